The highest BCUT2D eigenvalue weighted by atomic mass is 16.5. The Morgan fingerprint density at radius 3 is 2.28 bits per heavy atom. The SMILES string of the molecule is C=C=Cc1cc(C(CC)(CC)CC)ccc1OC. The molecule has 0 heterocycles. The first kappa shape index (κ1) is 14.6. The lowest BCUT2D eigenvalue weighted by atomic mass is 9.73. The molecule has 0 aromatic heterocycles. The van der Waals surface area contributed by atoms with Crippen molar-refractivity contribution < 1.29 is 4.74 Å². The molecular formula is C17H24O. The fourth-order valence-corrected chi connectivity index (χ4v) is 2.65. The molecule has 0 fully saturated rings. The Kier molecular flexibility index (Phi) is 5.25. The molecule has 0 unspecified atom stereocenters. The van der Waals surface area contributed by atoms with Crippen LogP contribution < -0.4 is 4.74 Å². The summed E-state index contributed by atoms with van der Waals surface area (Å²) in [4.78, 5) is 0. The summed E-state index contributed by atoms with van der Waals surface area (Å²) in [5.74, 6) is 0.882. The van der Waals surface area contributed by atoms with Gasteiger partial charge in [0.2, 0.25) is 0 Å². The van der Waals surface area contributed by atoms with Crippen molar-refractivity contribution in [3.8, 4) is 5.75 Å². The third-order valence-corrected chi connectivity index (χ3v) is 4.13. The second-order valence-electron chi connectivity index (χ2n) is 4.65. The first-order valence-electron chi connectivity index (χ1n) is 6.71. The molecule has 0 atom stereocenters. The van der Waals surface area contributed by atoms with Crippen LogP contribution in [0.3, 0.4) is 0 Å². The van der Waals surface area contributed by atoms with E-state index >= 15 is 0 Å². The van der Waals surface area contributed by atoms with E-state index in [9.17, 15) is 0 Å². The van der Waals surface area contributed by atoms with Crippen molar-refractivity contribution in [1.82, 2.24) is 0 Å². The van der Waals surface area contributed by atoms with E-state index in [1.54, 1.807) is 7.11 Å². The van der Waals surface area contributed by atoms with Crippen molar-refractivity contribution >= 4 is 6.08 Å². The molecule has 1 nitrogen and oxygen atoms in total. The van der Waals surface area contributed by atoms with Gasteiger partial charge in [-0.2, -0.15) is 0 Å². The number of hydrogen-bond acceptors (Lipinski definition) is 1. The molecule has 0 saturated heterocycles. The van der Waals surface area contributed by atoms with E-state index in [1.165, 1.54) is 5.56 Å². The monoisotopic (exact) mass is 244 g/mol. The average molecular weight is 244 g/mol. The number of hydrogen-bond donors (Lipinski definition) is 0. The molecule has 1 rings (SSSR count). The van der Waals surface area contributed by atoms with Crippen molar-refractivity contribution in [2.75, 3.05) is 7.11 Å². The molecule has 0 spiro atoms. The fraction of sp³-hybridized carbons (Fsp3) is 0.471. The highest BCUT2D eigenvalue weighted by Crippen LogP contribution is 2.37. The maximum absolute atomic E-state index is 5.37. The molecule has 0 aliphatic carbocycles. The highest BCUT2D eigenvalue weighted by Gasteiger charge is 2.26. The van der Waals surface area contributed by atoms with Gasteiger partial charge in [-0.15, -0.1) is 5.73 Å². The lowest BCUT2D eigenvalue weighted by molar-refractivity contribution is 0.379. The summed E-state index contributed by atoms with van der Waals surface area (Å²) in [7, 11) is 1.70. The fourth-order valence-electron chi connectivity index (χ4n) is 2.65. The summed E-state index contributed by atoms with van der Waals surface area (Å²) in [6.45, 7) is 10.4. The molecule has 1 heteroatoms. The zero-order valence-electron chi connectivity index (χ0n) is 12.0. The molecule has 0 aliphatic rings. The van der Waals surface area contributed by atoms with Gasteiger partial charge in [0.05, 0.1) is 7.11 Å². The molecule has 0 saturated carbocycles. The van der Waals surface area contributed by atoms with Crippen LogP contribution in [-0.4, -0.2) is 7.11 Å². The zero-order chi connectivity index (χ0) is 13.6. The Labute approximate surface area is 111 Å². The molecule has 1 aromatic rings. The van der Waals surface area contributed by atoms with Gasteiger partial charge in [-0.1, -0.05) is 33.4 Å². The predicted octanol–water partition coefficient (Wildman–Crippen LogP) is 4.96. The van der Waals surface area contributed by atoms with Crippen LogP contribution in [0, 0.1) is 0 Å². The summed E-state index contributed by atoms with van der Waals surface area (Å²) in [6, 6.07) is 6.46. The van der Waals surface area contributed by atoms with Crippen molar-refractivity contribution in [2.45, 2.75) is 45.4 Å². The van der Waals surface area contributed by atoms with Gasteiger partial charge in [-0.3, -0.25) is 0 Å². The predicted molar refractivity (Wildman–Crippen MR) is 79.1 cm³/mol. The third-order valence-electron chi connectivity index (χ3n) is 4.13. The second-order valence-corrected chi connectivity index (χ2v) is 4.65. The molecular weight excluding hydrogens is 220 g/mol. The quantitative estimate of drug-likeness (QED) is 0.642. The molecule has 18 heavy (non-hydrogen) atoms. The minimum Gasteiger partial charge on any atom is -0.496 e. The van der Waals surface area contributed by atoms with E-state index in [2.05, 4.69) is 45.2 Å². The highest BCUT2D eigenvalue weighted by molar-refractivity contribution is 5.58. The van der Waals surface area contributed by atoms with E-state index in [-0.39, 0.29) is 5.41 Å². The van der Waals surface area contributed by atoms with E-state index in [0.29, 0.717) is 0 Å². The topological polar surface area (TPSA) is 9.23 Å². The van der Waals surface area contributed by atoms with E-state index in [0.717, 1.165) is 30.6 Å². The Hall–Kier alpha value is -1.46. The Balaban J connectivity index is 3.33. The van der Waals surface area contributed by atoms with Gasteiger partial charge in [0.25, 0.3) is 0 Å². The Bertz CT molecular complexity index is 427. The number of rotatable bonds is 6. The van der Waals surface area contributed by atoms with Crippen LogP contribution in [0.2, 0.25) is 0 Å². The summed E-state index contributed by atoms with van der Waals surface area (Å²) in [5.41, 5.74) is 5.56. The summed E-state index contributed by atoms with van der Waals surface area (Å²) < 4.78 is 5.37. The maximum atomic E-state index is 5.37. The van der Waals surface area contributed by atoms with Gasteiger partial charge in [0, 0.05) is 5.56 Å². The van der Waals surface area contributed by atoms with Crippen molar-refractivity contribution in [2.24, 2.45) is 0 Å². The summed E-state index contributed by atoms with van der Waals surface area (Å²) in [5, 5.41) is 0. The van der Waals surface area contributed by atoms with Crippen LogP contribution in [0.15, 0.2) is 30.5 Å². The first-order valence-corrected chi connectivity index (χ1v) is 6.71. The van der Waals surface area contributed by atoms with Crippen molar-refractivity contribution in [3.05, 3.63) is 41.6 Å². The largest absolute Gasteiger partial charge is 0.496 e. The molecule has 0 aliphatic heterocycles. The Morgan fingerprint density at radius 2 is 1.83 bits per heavy atom. The third kappa shape index (κ3) is 2.68. The normalized spacial score (nSPS) is 10.9. The van der Waals surface area contributed by atoms with Gasteiger partial charge < -0.3 is 4.74 Å². The molecule has 0 bridgehead atoms. The van der Waals surface area contributed by atoms with Crippen LogP contribution in [0.5, 0.6) is 5.75 Å². The van der Waals surface area contributed by atoms with Crippen molar-refractivity contribution in [3.63, 3.8) is 0 Å². The number of ether oxygens (including phenoxy) is 1. The molecule has 0 amide bonds. The van der Waals surface area contributed by atoms with Crippen LogP contribution in [0.1, 0.15) is 51.2 Å². The molecule has 0 N–H and O–H groups in total. The van der Waals surface area contributed by atoms with E-state index < -0.39 is 0 Å². The molecule has 1 aromatic carbocycles. The average Bonchev–Trinajstić information content (AvgIpc) is 2.42. The number of methoxy groups -OCH3 is 1. The van der Waals surface area contributed by atoms with Crippen LogP contribution >= 0.6 is 0 Å². The lowest BCUT2D eigenvalue weighted by Gasteiger charge is -2.31. The zero-order valence-corrected chi connectivity index (χ0v) is 12.0. The summed E-state index contributed by atoms with van der Waals surface area (Å²) >= 11 is 0. The van der Waals surface area contributed by atoms with Gasteiger partial charge in [-0.25, -0.2) is 0 Å². The van der Waals surface area contributed by atoms with E-state index in [1.807, 2.05) is 12.1 Å². The van der Waals surface area contributed by atoms with Crippen LogP contribution in [-0.2, 0) is 5.41 Å². The van der Waals surface area contributed by atoms with Gasteiger partial charge in [0.1, 0.15) is 5.75 Å². The van der Waals surface area contributed by atoms with Crippen LogP contribution in [0.4, 0.5) is 0 Å². The van der Waals surface area contributed by atoms with Gasteiger partial charge in [-0.05, 0) is 48.4 Å². The molecule has 0 radical (unpaired) electrons. The first-order chi connectivity index (χ1) is 8.67. The number of benzene rings is 1. The molecule has 98 valence electrons. The minimum absolute atomic E-state index is 0.274. The minimum atomic E-state index is 0.274. The van der Waals surface area contributed by atoms with Crippen LogP contribution in [0.25, 0.3) is 6.08 Å². The Morgan fingerprint density at radius 1 is 1.22 bits per heavy atom. The summed E-state index contributed by atoms with van der Waals surface area (Å²) in [6.07, 6.45) is 5.35. The lowest BCUT2D eigenvalue weighted by Crippen LogP contribution is -2.23. The van der Waals surface area contributed by atoms with Crippen molar-refractivity contribution in [1.29, 1.82) is 0 Å². The maximum Gasteiger partial charge on any atom is 0.126 e. The second kappa shape index (κ2) is 6.47. The van der Waals surface area contributed by atoms with Gasteiger partial charge >= 0.3 is 0 Å². The standard InChI is InChI=1S/C17H24O/c1-6-10-14-13-15(11-12-16(14)18-5)17(7-2,8-3)9-4/h10-13H,1,7-9H2,2-5H3. The van der Waals surface area contributed by atoms with Gasteiger partial charge in [0.15, 0.2) is 0 Å². The van der Waals surface area contributed by atoms with E-state index in [4.69, 9.17) is 4.74 Å². The smallest absolute Gasteiger partial charge is 0.126 e.